The molecule has 0 heterocycles. The van der Waals surface area contributed by atoms with Crippen LogP contribution in [0.2, 0.25) is 0 Å². The first kappa shape index (κ1) is 7.65. The predicted molar refractivity (Wildman–Crippen MR) is 38.3 cm³/mol. The summed E-state index contributed by atoms with van der Waals surface area (Å²) in [7, 11) is 0. The van der Waals surface area contributed by atoms with E-state index in [4.69, 9.17) is 0 Å². The van der Waals surface area contributed by atoms with Crippen molar-refractivity contribution in [3.8, 4) is 0 Å². The highest BCUT2D eigenvalue weighted by Gasteiger charge is 2.21. The summed E-state index contributed by atoms with van der Waals surface area (Å²) in [4.78, 5) is 0. The molecule has 0 N–H and O–H groups in total. The molecule has 0 saturated heterocycles. The summed E-state index contributed by atoms with van der Waals surface area (Å²) in [5.74, 6) is -3.41. The van der Waals surface area contributed by atoms with E-state index < -0.39 is 17.5 Å². The Labute approximate surface area is 68.0 Å². The number of fused-ring (bicyclic) bond motifs is 1. The van der Waals surface area contributed by atoms with Crippen LogP contribution in [-0.2, 0) is 12.8 Å². The third-order valence-electron chi connectivity index (χ3n) is 2.23. The maximum absolute atomic E-state index is 12.9. The zero-order chi connectivity index (χ0) is 8.72. The molecule has 0 bridgehead atoms. The van der Waals surface area contributed by atoms with Crippen molar-refractivity contribution in [3.63, 3.8) is 0 Å². The van der Waals surface area contributed by atoms with Gasteiger partial charge in [-0.25, -0.2) is 13.2 Å². The van der Waals surface area contributed by atoms with E-state index in [9.17, 15) is 13.2 Å². The van der Waals surface area contributed by atoms with Gasteiger partial charge in [0, 0.05) is 0 Å². The van der Waals surface area contributed by atoms with Crippen LogP contribution in [0, 0.1) is 17.5 Å². The van der Waals surface area contributed by atoms with E-state index in [0.717, 1.165) is 12.5 Å². The van der Waals surface area contributed by atoms with Crippen LogP contribution in [0.15, 0.2) is 6.07 Å². The summed E-state index contributed by atoms with van der Waals surface area (Å²) in [5, 5.41) is 0. The van der Waals surface area contributed by atoms with Gasteiger partial charge in [0.1, 0.15) is 0 Å². The first-order valence-corrected chi connectivity index (χ1v) is 3.85. The molecule has 0 nitrogen and oxygen atoms in total. The van der Waals surface area contributed by atoms with Crippen LogP contribution >= 0.6 is 0 Å². The molecule has 0 fully saturated rings. The molecule has 1 aliphatic carbocycles. The fraction of sp³-hybridized carbons (Fsp3) is 0.333. The molecule has 0 amide bonds. The van der Waals surface area contributed by atoms with Crippen molar-refractivity contribution in [2.24, 2.45) is 0 Å². The van der Waals surface area contributed by atoms with Crippen LogP contribution < -0.4 is 0 Å². The minimum atomic E-state index is -1.34. The molecule has 0 unspecified atom stereocenters. The van der Waals surface area contributed by atoms with Crippen LogP contribution in [0.3, 0.4) is 0 Å². The Morgan fingerprint density at radius 2 is 1.75 bits per heavy atom. The van der Waals surface area contributed by atoms with Gasteiger partial charge in [-0.15, -0.1) is 0 Å². The largest absolute Gasteiger partial charge is 0.204 e. The second-order valence-electron chi connectivity index (χ2n) is 2.98. The fourth-order valence-electron chi connectivity index (χ4n) is 1.63. The number of benzene rings is 1. The third-order valence-corrected chi connectivity index (χ3v) is 2.23. The number of rotatable bonds is 0. The maximum atomic E-state index is 12.9. The Balaban J connectivity index is 2.67. The number of hydrogen-bond donors (Lipinski definition) is 0. The summed E-state index contributed by atoms with van der Waals surface area (Å²) in [5.41, 5.74) is 0.973. The van der Waals surface area contributed by atoms with Crippen LogP contribution in [0.25, 0.3) is 0 Å². The van der Waals surface area contributed by atoms with Crippen LogP contribution in [0.1, 0.15) is 17.5 Å². The summed E-state index contributed by atoms with van der Waals surface area (Å²) < 4.78 is 38.2. The molecule has 0 spiro atoms. The average Bonchev–Trinajstić information content (AvgIpc) is 2.48. The molecule has 0 radical (unpaired) electrons. The molecule has 1 aromatic carbocycles. The van der Waals surface area contributed by atoms with Crippen molar-refractivity contribution in [1.82, 2.24) is 0 Å². The quantitative estimate of drug-likeness (QED) is 0.527. The zero-order valence-corrected chi connectivity index (χ0v) is 6.33. The highest BCUT2D eigenvalue weighted by atomic mass is 19.2. The van der Waals surface area contributed by atoms with Gasteiger partial charge in [0.25, 0.3) is 0 Å². The van der Waals surface area contributed by atoms with E-state index in [1.807, 2.05) is 0 Å². The summed E-state index contributed by atoms with van der Waals surface area (Å²) in [6.07, 6.45) is 1.97. The molecule has 12 heavy (non-hydrogen) atoms. The van der Waals surface area contributed by atoms with Gasteiger partial charge in [0.2, 0.25) is 0 Å². The van der Waals surface area contributed by atoms with E-state index in [2.05, 4.69) is 0 Å². The van der Waals surface area contributed by atoms with Gasteiger partial charge >= 0.3 is 0 Å². The lowest BCUT2D eigenvalue weighted by Gasteiger charge is -2.02. The topological polar surface area (TPSA) is 0 Å². The lowest BCUT2D eigenvalue weighted by molar-refractivity contribution is 0.442. The Hall–Kier alpha value is -0.990. The molecule has 0 atom stereocenters. The molecule has 0 aromatic heterocycles. The first-order chi connectivity index (χ1) is 5.70. The molecule has 0 aliphatic heterocycles. The predicted octanol–water partition coefficient (Wildman–Crippen LogP) is 2.59. The third kappa shape index (κ3) is 0.924. The highest BCUT2D eigenvalue weighted by molar-refractivity contribution is 5.33. The van der Waals surface area contributed by atoms with Gasteiger partial charge in [-0.2, -0.15) is 0 Å². The van der Waals surface area contributed by atoms with Crippen molar-refractivity contribution in [3.05, 3.63) is 34.6 Å². The molecule has 1 aliphatic rings. The molecule has 2 rings (SSSR count). The minimum absolute atomic E-state index is 0.355. The van der Waals surface area contributed by atoms with E-state index in [-0.39, 0.29) is 0 Å². The fourth-order valence-corrected chi connectivity index (χ4v) is 1.63. The van der Waals surface area contributed by atoms with E-state index >= 15 is 0 Å². The van der Waals surface area contributed by atoms with Crippen molar-refractivity contribution in [1.29, 1.82) is 0 Å². The van der Waals surface area contributed by atoms with Gasteiger partial charge in [-0.3, -0.25) is 0 Å². The number of hydrogen-bond acceptors (Lipinski definition) is 0. The molecule has 3 heteroatoms. The first-order valence-electron chi connectivity index (χ1n) is 3.85. The highest BCUT2D eigenvalue weighted by Crippen LogP contribution is 2.27. The van der Waals surface area contributed by atoms with Crippen molar-refractivity contribution < 1.29 is 13.2 Å². The van der Waals surface area contributed by atoms with E-state index in [0.29, 0.717) is 24.0 Å². The average molecular weight is 172 g/mol. The molecule has 64 valence electrons. The van der Waals surface area contributed by atoms with Crippen molar-refractivity contribution >= 4 is 0 Å². The smallest absolute Gasteiger partial charge is 0.194 e. The van der Waals surface area contributed by atoms with Crippen LogP contribution in [0.5, 0.6) is 0 Å². The van der Waals surface area contributed by atoms with Gasteiger partial charge in [-0.1, -0.05) is 0 Å². The van der Waals surface area contributed by atoms with Crippen LogP contribution in [0.4, 0.5) is 13.2 Å². The van der Waals surface area contributed by atoms with Crippen LogP contribution in [-0.4, -0.2) is 0 Å². The second-order valence-corrected chi connectivity index (χ2v) is 2.98. The Morgan fingerprint density at radius 3 is 2.50 bits per heavy atom. The Bertz CT molecular complexity index is 331. The van der Waals surface area contributed by atoms with Gasteiger partial charge < -0.3 is 0 Å². The normalized spacial score (nSPS) is 14.9. The Morgan fingerprint density at radius 1 is 1.00 bits per heavy atom. The van der Waals surface area contributed by atoms with E-state index in [1.165, 1.54) is 0 Å². The lowest BCUT2D eigenvalue weighted by atomic mass is 10.1. The number of halogens is 3. The zero-order valence-electron chi connectivity index (χ0n) is 6.33. The Kier molecular flexibility index (Phi) is 1.60. The maximum Gasteiger partial charge on any atom is 0.194 e. The van der Waals surface area contributed by atoms with Gasteiger partial charge in [0.05, 0.1) is 0 Å². The van der Waals surface area contributed by atoms with Gasteiger partial charge in [-0.05, 0) is 36.5 Å². The summed E-state index contributed by atoms with van der Waals surface area (Å²) in [6.45, 7) is 0. The lowest BCUT2D eigenvalue weighted by Crippen LogP contribution is -1.97. The van der Waals surface area contributed by atoms with Crippen molar-refractivity contribution in [2.45, 2.75) is 19.3 Å². The SMILES string of the molecule is Fc1cc2c(c(F)c1F)CCC2. The monoisotopic (exact) mass is 172 g/mol. The van der Waals surface area contributed by atoms with Crippen molar-refractivity contribution in [2.75, 3.05) is 0 Å². The number of aryl methyl sites for hydroxylation is 1. The second kappa shape index (κ2) is 2.51. The summed E-state index contributed by atoms with van der Waals surface area (Å²) in [6, 6.07) is 1.10. The molecular formula is C9H7F3. The summed E-state index contributed by atoms with van der Waals surface area (Å²) >= 11 is 0. The van der Waals surface area contributed by atoms with Gasteiger partial charge in [0.15, 0.2) is 17.5 Å². The minimum Gasteiger partial charge on any atom is -0.204 e. The standard InChI is InChI=1S/C9H7F3/c10-7-4-5-2-1-3-6(5)8(11)9(7)12/h4H,1-3H2. The molecule has 0 saturated carbocycles. The van der Waals surface area contributed by atoms with E-state index in [1.54, 1.807) is 0 Å². The molecular weight excluding hydrogens is 165 g/mol. The molecule has 1 aromatic rings.